The Labute approximate surface area is 242 Å². The molecular formula is C28H39ClN4O4S2. The van der Waals surface area contributed by atoms with E-state index in [1.54, 1.807) is 33.5 Å². The molecule has 4 rings (SSSR count). The van der Waals surface area contributed by atoms with E-state index in [9.17, 15) is 13.2 Å². The minimum absolute atomic E-state index is 0. The molecule has 1 fully saturated rings. The summed E-state index contributed by atoms with van der Waals surface area (Å²) in [7, 11) is -3.59. The summed E-state index contributed by atoms with van der Waals surface area (Å²) in [5, 5.41) is 0.600. The molecule has 0 radical (unpaired) electrons. The molecule has 3 aromatic rings. The van der Waals surface area contributed by atoms with Gasteiger partial charge >= 0.3 is 0 Å². The summed E-state index contributed by atoms with van der Waals surface area (Å²) >= 11 is 1.45. The Morgan fingerprint density at radius 3 is 2.46 bits per heavy atom. The van der Waals surface area contributed by atoms with Crippen LogP contribution in [0.5, 0.6) is 5.75 Å². The zero-order valence-electron chi connectivity index (χ0n) is 23.1. The number of benzene rings is 2. The van der Waals surface area contributed by atoms with Crippen LogP contribution in [0, 0.1) is 5.92 Å². The molecule has 0 N–H and O–H groups in total. The number of aromatic nitrogens is 1. The number of hydrogen-bond acceptors (Lipinski definition) is 7. The lowest BCUT2D eigenvalue weighted by Crippen LogP contribution is -2.39. The highest BCUT2D eigenvalue weighted by Crippen LogP contribution is 2.35. The SMILES string of the molecule is CCOc1cccc2sc(N(CCN(CC)CC)C(=O)c3ccc(S(=O)(=O)N4CCCC(C)C4)cc3)nc12.Cl. The first-order valence-corrected chi connectivity index (χ1v) is 15.7. The molecule has 214 valence electrons. The third kappa shape index (κ3) is 7.10. The average Bonchev–Trinajstić information content (AvgIpc) is 3.36. The van der Waals surface area contributed by atoms with Crippen LogP contribution in [-0.2, 0) is 10.0 Å². The Bertz CT molecular complexity index is 1340. The molecule has 0 bridgehead atoms. The molecule has 0 saturated carbocycles. The predicted octanol–water partition coefficient (Wildman–Crippen LogP) is 5.53. The lowest BCUT2D eigenvalue weighted by atomic mass is 10.0. The van der Waals surface area contributed by atoms with Crippen molar-refractivity contribution in [3.8, 4) is 5.75 Å². The number of carbonyl (C=O) groups excluding carboxylic acids is 1. The van der Waals surface area contributed by atoms with E-state index in [0.717, 1.165) is 36.1 Å². The number of sulfonamides is 1. The molecule has 39 heavy (non-hydrogen) atoms. The summed E-state index contributed by atoms with van der Waals surface area (Å²) in [5.41, 5.74) is 1.17. The van der Waals surface area contributed by atoms with Crippen LogP contribution < -0.4 is 9.64 Å². The number of anilines is 1. The molecule has 1 atom stereocenters. The second-order valence-corrected chi connectivity index (χ2v) is 12.6. The Morgan fingerprint density at radius 2 is 1.82 bits per heavy atom. The van der Waals surface area contributed by atoms with Crippen molar-refractivity contribution in [2.45, 2.75) is 45.4 Å². The van der Waals surface area contributed by atoms with Crippen LogP contribution in [-0.4, -0.2) is 74.4 Å². The average molecular weight is 595 g/mol. The van der Waals surface area contributed by atoms with Gasteiger partial charge in [0.25, 0.3) is 5.91 Å². The summed E-state index contributed by atoms with van der Waals surface area (Å²) in [6.07, 6.45) is 1.91. The number of carbonyl (C=O) groups is 1. The van der Waals surface area contributed by atoms with Crippen LogP contribution >= 0.6 is 23.7 Å². The number of para-hydroxylation sites is 1. The molecule has 0 spiro atoms. The van der Waals surface area contributed by atoms with Gasteiger partial charge in [-0.25, -0.2) is 13.4 Å². The first-order valence-electron chi connectivity index (χ1n) is 13.4. The molecule has 1 amide bonds. The Morgan fingerprint density at radius 1 is 1.10 bits per heavy atom. The van der Waals surface area contributed by atoms with Gasteiger partial charge in [0, 0.05) is 31.7 Å². The Kier molecular flexibility index (Phi) is 11.1. The summed E-state index contributed by atoms with van der Waals surface area (Å²) in [6.45, 7) is 12.7. The Balaban J connectivity index is 0.00000420. The fourth-order valence-corrected chi connectivity index (χ4v) is 7.41. The van der Waals surface area contributed by atoms with E-state index in [1.807, 2.05) is 25.1 Å². The molecule has 11 heteroatoms. The van der Waals surface area contributed by atoms with E-state index < -0.39 is 10.0 Å². The maximum atomic E-state index is 13.8. The highest BCUT2D eigenvalue weighted by atomic mass is 35.5. The number of piperidine rings is 1. The van der Waals surface area contributed by atoms with Gasteiger partial charge in [-0.2, -0.15) is 4.31 Å². The van der Waals surface area contributed by atoms with Gasteiger partial charge < -0.3 is 9.64 Å². The van der Waals surface area contributed by atoms with Crippen molar-refractivity contribution in [3.63, 3.8) is 0 Å². The number of halogens is 1. The number of fused-ring (bicyclic) bond motifs is 1. The minimum Gasteiger partial charge on any atom is -0.492 e. The molecule has 1 saturated heterocycles. The van der Waals surface area contributed by atoms with Crippen LogP contribution in [0.25, 0.3) is 10.2 Å². The molecule has 1 aliphatic rings. The highest BCUT2D eigenvalue weighted by molar-refractivity contribution is 7.89. The topological polar surface area (TPSA) is 83.0 Å². The Hall–Kier alpha value is -2.24. The van der Waals surface area contributed by atoms with Crippen molar-refractivity contribution in [2.75, 3.05) is 50.8 Å². The van der Waals surface area contributed by atoms with Crippen molar-refractivity contribution in [1.82, 2.24) is 14.2 Å². The lowest BCUT2D eigenvalue weighted by Gasteiger charge is -2.30. The summed E-state index contributed by atoms with van der Waals surface area (Å²) in [5.74, 6) is 0.839. The molecule has 2 heterocycles. The molecule has 0 aliphatic carbocycles. The summed E-state index contributed by atoms with van der Waals surface area (Å²) in [6, 6.07) is 12.1. The molecule has 8 nitrogen and oxygen atoms in total. The first kappa shape index (κ1) is 31.3. The van der Waals surface area contributed by atoms with Crippen molar-refractivity contribution in [1.29, 1.82) is 0 Å². The maximum absolute atomic E-state index is 13.8. The molecule has 2 aromatic carbocycles. The van der Waals surface area contributed by atoms with E-state index in [2.05, 4.69) is 25.7 Å². The third-order valence-electron chi connectivity index (χ3n) is 7.04. The normalized spacial score (nSPS) is 16.3. The van der Waals surface area contributed by atoms with Gasteiger partial charge in [0.15, 0.2) is 5.13 Å². The zero-order chi connectivity index (χ0) is 27.3. The van der Waals surface area contributed by atoms with Crippen LogP contribution in [0.3, 0.4) is 0 Å². The van der Waals surface area contributed by atoms with Gasteiger partial charge in [-0.3, -0.25) is 9.69 Å². The second-order valence-electron chi connectivity index (χ2n) is 9.65. The fraction of sp³-hybridized carbons (Fsp3) is 0.500. The number of ether oxygens (including phenoxy) is 1. The quantitative estimate of drug-likeness (QED) is 0.290. The molecular weight excluding hydrogens is 556 g/mol. The standard InChI is InChI=1S/C28H38N4O4S2.ClH/c1-5-30(6-2)18-19-32(28-29-26-24(36-7-3)11-8-12-25(26)37-28)27(33)22-13-15-23(16-14-22)38(34,35)31-17-9-10-21(4)20-31;/h8,11-16,21H,5-7,9-10,17-20H2,1-4H3;1H. The van der Waals surface area contributed by atoms with E-state index in [4.69, 9.17) is 9.72 Å². The number of nitrogens with zero attached hydrogens (tertiary/aromatic N) is 4. The van der Waals surface area contributed by atoms with Gasteiger partial charge in [0.1, 0.15) is 11.3 Å². The van der Waals surface area contributed by atoms with Gasteiger partial charge in [-0.05, 0) is 75.2 Å². The fourth-order valence-electron chi connectivity index (χ4n) is 4.80. The maximum Gasteiger partial charge on any atom is 0.260 e. The monoisotopic (exact) mass is 594 g/mol. The van der Waals surface area contributed by atoms with Gasteiger partial charge in [-0.15, -0.1) is 12.4 Å². The first-order chi connectivity index (χ1) is 18.3. The van der Waals surface area contributed by atoms with Crippen LogP contribution in [0.1, 0.15) is 50.9 Å². The number of thiazole rings is 1. The predicted molar refractivity (Wildman–Crippen MR) is 161 cm³/mol. The molecule has 1 aromatic heterocycles. The molecule has 1 unspecified atom stereocenters. The minimum atomic E-state index is -3.59. The summed E-state index contributed by atoms with van der Waals surface area (Å²) < 4.78 is 34.7. The van der Waals surface area contributed by atoms with Crippen LogP contribution in [0.15, 0.2) is 47.4 Å². The lowest BCUT2D eigenvalue weighted by molar-refractivity contribution is 0.0983. The summed E-state index contributed by atoms with van der Waals surface area (Å²) in [4.78, 5) is 22.8. The second kappa shape index (κ2) is 13.9. The van der Waals surface area contributed by atoms with E-state index in [0.29, 0.717) is 55.1 Å². The largest absolute Gasteiger partial charge is 0.492 e. The van der Waals surface area contributed by atoms with Crippen molar-refractivity contribution < 1.29 is 17.9 Å². The van der Waals surface area contributed by atoms with Gasteiger partial charge in [0.2, 0.25) is 10.0 Å². The van der Waals surface area contributed by atoms with Crippen LogP contribution in [0.2, 0.25) is 0 Å². The molecule has 1 aliphatic heterocycles. The van der Waals surface area contributed by atoms with E-state index >= 15 is 0 Å². The number of hydrogen-bond donors (Lipinski definition) is 0. The zero-order valence-corrected chi connectivity index (χ0v) is 25.6. The third-order valence-corrected chi connectivity index (χ3v) is 9.96. The van der Waals surface area contributed by atoms with Crippen LogP contribution in [0.4, 0.5) is 5.13 Å². The number of likely N-dealkylation sites (N-methyl/N-ethyl adjacent to an activating group) is 1. The van der Waals surface area contributed by atoms with Crippen molar-refractivity contribution in [3.05, 3.63) is 48.0 Å². The van der Waals surface area contributed by atoms with E-state index in [-0.39, 0.29) is 23.2 Å². The van der Waals surface area contributed by atoms with Gasteiger partial charge in [0.05, 0.1) is 16.2 Å². The van der Waals surface area contributed by atoms with Gasteiger partial charge in [-0.1, -0.05) is 38.2 Å². The van der Waals surface area contributed by atoms with Crippen molar-refractivity contribution in [2.24, 2.45) is 5.92 Å². The highest BCUT2D eigenvalue weighted by Gasteiger charge is 2.29. The number of rotatable bonds is 11. The van der Waals surface area contributed by atoms with E-state index in [1.165, 1.54) is 11.3 Å². The van der Waals surface area contributed by atoms with Crippen molar-refractivity contribution >= 4 is 55.0 Å². The number of amides is 1. The smallest absolute Gasteiger partial charge is 0.260 e.